The van der Waals surface area contributed by atoms with Gasteiger partial charge in [0.25, 0.3) is 0 Å². The maximum absolute atomic E-state index is 11.2. The molecular formula is C17H27NO3. The standard InChI is InChI=1S/C17H27NO3/c1-4-21-17(19)8-6-5-7-13-18-14(2)15-9-11-16(20-3)12-10-15/h9-12,14,18H,4-8,13H2,1-3H3/t14-/m1/s1. The van der Waals surface area contributed by atoms with E-state index in [0.717, 1.165) is 31.6 Å². The molecule has 0 aliphatic carbocycles. The average Bonchev–Trinajstić information content (AvgIpc) is 2.51. The average molecular weight is 293 g/mol. The Morgan fingerprint density at radius 3 is 2.52 bits per heavy atom. The molecule has 1 aromatic rings. The van der Waals surface area contributed by atoms with Gasteiger partial charge >= 0.3 is 5.97 Å². The van der Waals surface area contributed by atoms with E-state index in [-0.39, 0.29) is 5.97 Å². The zero-order valence-corrected chi connectivity index (χ0v) is 13.4. The molecule has 4 nitrogen and oxygen atoms in total. The molecule has 0 saturated heterocycles. The number of hydrogen-bond donors (Lipinski definition) is 1. The Labute approximate surface area is 127 Å². The molecule has 0 fully saturated rings. The summed E-state index contributed by atoms with van der Waals surface area (Å²) in [4.78, 5) is 11.2. The summed E-state index contributed by atoms with van der Waals surface area (Å²) in [5, 5.41) is 3.49. The van der Waals surface area contributed by atoms with Gasteiger partial charge < -0.3 is 14.8 Å². The van der Waals surface area contributed by atoms with Crippen molar-refractivity contribution < 1.29 is 14.3 Å². The van der Waals surface area contributed by atoms with Gasteiger partial charge in [-0.15, -0.1) is 0 Å². The number of nitrogens with one attached hydrogen (secondary N) is 1. The number of esters is 1. The van der Waals surface area contributed by atoms with Crippen LogP contribution in [0.4, 0.5) is 0 Å². The fraction of sp³-hybridized carbons (Fsp3) is 0.588. The molecule has 1 aromatic carbocycles. The van der Waals surface area contributed by atoms with Crippen molar-refractivity contribution in [2.75, 3.05) is 20.3 Å². The number of carbonyl (C=O) groups is 1. The van der Waals surface area contributed by atoms with Gasteiger partial charge in [-0.25, -0.2) is 0 Å². The van der Waals surface area contributed by atoms with Gasteiger partial charge in [-0.05, 0) is 50.9 Å². The van der Waals surface area contributed by atoms with Crippen molar-refractivity contribution in [2.45, 2.75) is 45.6 Å². The minimum Gasteiger partial charge on any atom is -0.497 e. The fourth-order valence-corrected chi connectivity index (χ4v) is 2.13. The van der Waals surface area contributed by atoms with Crippen LogP contribution in [0, 0.1) is 0 Å². The van der Waals surface area contributed by atoms with Crippen LogP contribution in [0.3, 0.4) is 0 Å². The van der Waals surface area contributed by atoms with E-state index in [1.807, 2.05) is 19.1 Å². The molecule has 118 valence electrons. The van der Waals surface area contributed by atoms with Gasteiger partial charge in [0.15, 0.2) is 0 Å². The minimum atomic E-state index is -0.0861. The van der Waals surface area contributed by atoms with Gasteiger partial charge in [0.2, 0.25) is 0 Å². The predicted molar refractivity (Wildman–Crippen MR) is 84.5 cm³/mol. The van der Waals surface area contributed by atoms with Crippen molar-refractivity contribution in [3.63, 3.8) is 0 Å². The second-order valence-corrected chi connectivity index (χ2v) is 5.06. The van der Waals surface area contributed by atoms with Crippen LogP contribution < -0.4 is 10.1 Å². The summed E-state index contributed by atoms with van der Waals surface area (Å²) in [5.74, 6) is 0.793. The van der Waals surface area contributed by atoms with Crippen LogP contribution in [-0.4, -0.2) is 26.2 Å². The third-order valence-electron chi connectivity index (χ3n) is 3.43. The van der Waals surface area contributed by atoms with Gasteiger partial charge in [-0.1, -0.05) is 18.6 Å². The second-order valence-electron chi connectivity index (χ2n) is 5.06. The van der Waals surface area contributed by atoms with Crippen LogP contribution in [0.25, 0.3) is 0 Å². The Morgan fingerprint density at radius 1 is 1.19 bits per heavy atom. The van der Waals surface area contributed by atoms with E-state index in [1.165, 1.54) is 5.56 Å². The maximum Gasteiger partial charge on any atom is 0.305 e. The molecule has 0 unspecified atom stereocenters. The maximum atomic E-state index is 11.2. The van der Waals surface area contributed by atoms with E-state index in [1.54, 1.807) is 7.11 Å². The van der Waals surface area contributed by atoms with Crippen molar-refractivity contribution in [1.29, 1.82) is 0 Å². The van der Waals surface area contributed by atoms with Crippen LogP contribution in [0.2, 0.25) is 0 Å². The number of carbonyl (C=O) groups excluding carboxylic acids is 1. The van der Waals surface area contributed by atoms with E-state index < -0.39 is 0 Å². The summed E-state index contributed by atoms with van der Waals surface area (Å²) < 4.78 is 10.1. The number of methoxy groups -OCH3 is 1. The van der Waals surface area contributed by atoms with Crippen LogP contribution >= 0.6 is 0 Å². The molecule has 0 aromatic heterocycles. The van der Waals surface area contributed by atoms with Crippen molar-refractivity contribution in [3.8, 4) is 5.75 Å². The zero-order chi connectivity index (χ0) is 15.5. The van der Waals surface area contributed by atoms with Crippen molar-refractivity contribution in [3.05, 3.63) is 29.8 Å². The first kappa shape index (κ1) is 17.5. The molecule has 0 saturated carbocycles. The Bertz CT molecular complexity index is 403. The first-order valence-electron chi connectivity index (χ1n) is 7.70. The van der Waals surface area contributed by atoms with Gasteiger partial charge in [-0.3, -0.25) is 4.79 Å². The van der Waals surface area contributed by atoms with Gasteiger partial charge in [0.1, 0.15) is 5.75 Å². The lowest BCUT2D eigenvalue weighted by Crippen LogP contribution is -2.19. The largest absolute Gasteiger partial charge is 0.497 e. The molecule has 21 heavy (non-hydrogen) atoms. The zero-order valence-electron chi connectivity index (χ0n) is 13.4. The van der Waals surface area contributed by atoms with Gasteiger partial charge in [-0.2, -0.15) is 0 Å². The quantitative estimate of drug-likeness (QED) is 0.530. The van der Waals surface area contributed by atoms with Crippen LogP contribution in [0.5, 0.6) is 5.75 Å². The Hall–Kier alpha value is -1.55. The summed E-state index contributed by atoms with van der Waals surface area (Å²) >= 11 is 0. The first-order valence-corrected chi connectivity index (χ1v) is 7.70. The van der Waals surface area contributed by atoms with Gasteiger partial charge in [0.05, 0.1) is 13.7 Å². The molecule has 0 heterocycles. The molecule has 0 bridgehead atoms. The molecule has 1 atom stereocenters. The van der Waals surface area contributed by atoms with Crippen LogP contribution in [-0.2, 0) is 9.53 Å². The van der Waals surface area contributed by atoms with Crippen molar-refractivity contribution in [2.24, 2.45) is 0 Å². The van der Waals surface area contributed by atoms with E-state index in [4.69, 9.17) is 9.47 Å². The van der Waals surface area contributed by atoms with Crippen LogP contribution in [0.15, 0.2) is 24.3 Å². The van der Waals surface area contributed by atoms with Gasteiger partial charge in [0, 0.05) is 12.5 Å². The van der Waals surface area contributed by atoms with E-state index in [2.05, 4.69) is 24.4 Å². The molecular weight excluding hydrogens is 266 g/mol. The molecule has 1 N–H and O–H groups in total. The molecule has 4 heteroatoms. The minimum absolute atomic E-state index is 0.0861. The fourth-order valence-electron chi connectivity index (χ4n) is 2.13. The summed E-state index contributed by atoms with van der Waals surface area (Å²) in [6, 6.07) is 8.44. The third-order valence-corrected chi connectivity index (χ3v) is 3.43. The Balaban J connectivity index is 2.12. The smallest absolute Gasteiger partial charge is 0.305 e. The predicted octanol–water partition coefficient (Wildman–Crippen LogP) is 3.47. The normalized spacial score (nSPS) is 12.0. The lowest BCUT2D eigenvalue weighted by Gasteiger charge is -2.14. The highest BCUT2D eigenvalue weighted by Gasteiger charge is 2.05. The number of ether oxygens (including phenoxy) is 2. The highest BCUT2D eigenvalue weighted by atomic mass is 16.5. The first-order chi connectivity index (χ1) is 10.2. The SMILES string of the molecule is CCOC(=O)CCCCCN[C@H](C)c1ccc(OC)cc1. The number of benzene rings is 1. The Kier molecular flexibility index (Phi) is 8.51. The highest BCUT2D eigenvalue weighted by molar-refractivity contribution is 5.69. The topological polar surface area (TPSA) is 47.6 Å². The van der Waals surface area contributed by atoms with Crippen LogP contribution in [0.1, 0.15) is 51.1 Å². The third kappa shape index (κ3) is 7.14. The van der Waals surface area contributed by atoms with Crippen molar-refractivity contribution in [1.82, 2.24) is 5.32 Å². The molecule has 1 rings (SSSR count). The van der Waals surface area contributed by atoms with Crippen molar-refractivity contribution >= 4 is 5.97 Å². The Morgan fingerprint density at radius 2 is 1.90 bits per heavy atom. The lowest BCUT2D eigenvalue weighted by molar-refractivity contribution is -0.143. The van der Waals surface area contributed by atoms with E-state index in [9.17, 15) is 4.79 Å². The molecule has 0 spiro atoms. The number of hydrogen-bond acceptors (Lipinski definition) is 4. The molecule has 0 aliphatic rings. The summed E-state index contributed by atoms with van der Waals surface area (Å²) in [5.41, 5.74) is 1.25. The molecule has 0 radical (unpaired) electrons. The summed E-state index contributed by atoms with van der Waals surface area (Å²) in [6.45, 7) is 5.42. The lowest BCUT2D eigenvalue weighted by atomic mass is 10.1. The monoisotopic (exact) mass is 293 g/mol. The highest BCUT2D eigenvalue weighted by Crippen LogP contribution is 2.17. The molecule has 0 amide bonds. The number of unbranched alkanes of at least 4 members (excludes halogenated alkanes) is 2. The molecule has 0 aliphatic heterocycles. The summed E-state index contributed by atoms with van der Waals surface area (Å²) in [6.07, 6.45) is 3.54. The number of rotatable bonds is 10. The second kappa shape index (κ2) is 10.2. The van der Waals surface area contributed by atoms with E-state index >= 15 is 0 Å². The van der Waals surface area contributed by atoms with E-state index in [0.29, 0.717) is 19.1 Å². The summed E-state index contributed by atoms with van der Waals surface area (Å²) in [7, 11) is 1.67.